The highest BCUT2D eigenvalue weighted by molar-refractivity contribution is 5.27. The zero-order chi connectivity index (χ0) is 14.7. The van der Waals surface area contributed by atoms with E-state index in [2.05, 4.69) is 10.4 Å². The minimum Gasteiger partial charge on any atom is -0.310 e. The summed E-state index contributed by atoms with van der Waals surface area (Å²) < 4.78 is 29.1. The molecule has 2 rings (SSSR count). The van der Waals surface area contributed by atoms with E-state index < -0.39 is 0 Å². The first-order valence-corrected chi connectivity index (χ1v) is 6.65. The fourth-order valence-corrected chi connectivity index (χ4v) is 2.12. The van der Waals surface area contributed by atoms with Crippen LogP contribution in [0.25, 0.3) is 0 Å². The number of aromatic nitrogens is 2. The van der Waals surface area contributed by atoms with Gasteiger partial charge in [-0.3, -0.25) is 4.68 Å². The van der Waals surface area contributed by atoms with Crippen LogP contribution in [0, 0.1) is 18.6 Å². The van der Waals surface area contributed by atoms with Crippen LogP contribution in [-0.2, 0) is 13.5 Å². The molecular formula is C15H19F2N3. The van der Waals surface area contributed by atoms with E-state index in [1.165, 1.54) is 12.1 Å². The lowest BCUT2D eigenvalue weighted by atomic mass is 10.0. The monoisotopic (exact) mass is 279 g/mol. The zero-order valence-corrected chi connectivity index (χ0v) is 12.0. The fraction of sp³-hybridized carbons (Fsp3) is 0.400. The molecule has 0 aliphatic heterocycles. The van der Waals surface area contributed by atoms with Gasteiger partial charge < -0.3 is 5.32 Å². The Morgan fingerprint density at radius 3 is 2.70 bits per heavy atom. The van der Waals surface area contributed by atoms with Gasteiger partial charge in [-0.2, -0.15) is 5.10 Å². The van der Waals surface area contributed by atoms with Crippen molar-refractivity contribution >= 4 is 0 Å². The Bertz CT molecular complexity index is 593. The summed E-state index contributed by atoms with van der Waals surface area (Å²) in [5.41, 5.74) is 1.66. The Balaban J connectivity index is 1.95. The van der Waals surface area contributed by atoms with Gasteiger partial charge in [0.2, 0.25) is 0 Å². The summed E-state index contributed by atoms with van der Waals surface area (Å²) in [6.45, 7) is 4.04. The van der Waals surface area contributed by atoms with Crippen molar-refractivity contribution in [3.8, 4) is 0 Å². The van der Waals surface area contributed by atoms with Crippen molar-refractivity contribution in [2.45, 2.75) is 26.3 Å². The van der Waals surface area contributed by atoms with Crippen molar-refractivity contribution < 1.29 is 8.78 Å². The Morgan fingerprint density at radius 1 is 1.30 bits per heavy atom. The second-order valence-corrected chi connectivity index (χ2v) is 5.03. The first-order chi connectivity index (χ1) is 9.47. The van der Waals surface area contributed by atoms with E-state index in [0.29, 0.717) is 17.7 Å². The number of nitrogens with one attached hydrogen (secondary N) is 1. The molecule has 0 saturated heterocycles. The topological polar surface area (TPSA) is 29.9 Å². The molecule has 0 saturated carbocycles. The molecule has 108 valence electrons. The van der Waals surface area contributed by atoms with Crippen LogP contribution in [0.2, 0.25) is 0 Å². The lowest BCUT2D eigenvalue weighted by Crippen LogP contribution is -2.22. The van der Waals surface area contributed by atoms with Gasteiger partial charge in [-0.25, -0.2) is 8.78 Å². The summed E-state index contributed by atoms with van der Waals surface area (Å²) in [7, 11) is 1.87. The summed E-state index contributed by atoms with van der Waals surface area (Å²) in [6.07, 6.45) is 2.63. The minimum absolute atomic E-state index is 0.242. The number of rotatable bonds is 5. The minimum atomic E-state index is -0.375. The zero-order valence-electron chi connectivity index (χ0n) is 12.0. The lowest BCUT2D eigenvalue weighted by Gasteiger charge is -2.15. The Morgan fingerprint density at radius 2 is 2.05 bits per heavy atom. The number of hydrogen-bond acceptors (Lipinski definition) is 2. The molecule has 1 atom stereocenters. The van der Waals surface area contributed by atoms with Crippen molar-refractivity contribution in [1.82, 2.24) is 15.1 Å². The number of benzene rings is 1. The number of halogens is 2. The molecule has 1 N–H and O–H groups in total. The molecule has 0 bridgehead atoms. The maximum atomic E-state index is 13.8. The van der Waals surface area contributed by atoms with Gasteiger partial charge in [0.15, 0.2) is 0 Å². The van der Waals surface area contributed by atoms with E-state index in [1.54, 1.807) is 11.6 Å². The van der Waals surface area contributed by atoms with Gasteiger partial charge in [-0.1, -0.05) is 0 Å². The molecule has 2 aromatic rings. The first-order valence-electron chi connectivity index (χ1n) is 6.65. The van der Waals surface area contributed by atoms with E-state index in [9.17, 15) is 8.78 Å². The Hall–Kier alpha value is -1.75. The highest BCUT2D eigenvalue weighted by Crippen LogP contribution is 2.20. The molecule has 3 nitrogen and oxygen atoms in total. The maximum Gasteiger partial charge on any atom is 0.128 e. The molecule has 1 heterocycles. The predicted molar refractivity (Wildman–Crippen MR) is 74.4 cm³/mol. The van der Waals surface area contributed by atoms with Gasteiger partial charge in [0, 0.05) is 37.8 Å². The molecule has 0 aliphatic carbocycles. The van der Waals surface area contributed by atoms with Gasteiger partial charge >= 0.3 is 0 Å². The second kappa shape index (κ2) is 6.13. The van der Waals surface area contributed by atoms with Gasteiger partial charge in [-0.05, 0) is 37.6 Å². The third-order valence-corrected chi connectivity index (χ3v) is 3.34. The Labute approximate surface area is 117 Å². The van der Waals surface area contributed by atoms with E-state index in [1.807, 2.05) is 26.2 Å². The normalized spacial score (nSPS) is 12.7. The molecule has 1 unspecified atom stereocenters. The van der Waals surface area contributed by atoms with Gasteiger partial charge in [0.05, 0.1) is 5.69 Å². The highest BCUT2D eigenvalue weighted by Gasteiger charge is 2.13. The van der Waals surface area contributed by atoms with E-state index in [0.717, 1.165) is 12.1 Å². The van der Waals surface area contributed by atoms with Gasteiger partial charge in [-0.15, -0.1) is 0 Å². The molecule has 0 fully saturated rings. The van der Waals surface area contributed by atoms with Gasteiger partial charge in [0.25, 0.3) is 0 Å². The summed E-state index contributed by atoms with van der Waals surface area (Å²) in [5, 5.41) is 7.45. The van der Waals surface area contributed by atoms with Gasteiger partial charge in [0.1, 0.15) is 11.6 Å². The van der Waals surface area contributed by atoms with Crippen LogP contribution < -0.4 is 5.32 Å². The molecule has 0 spiro atoms. The first kappa shape index (κ1) is 14.7. The van der Waals surface area contributed by atoms with Crippen LogP contribution in [0.5, 0.6) is 0 Å². The van der Waals surface area contributed by atoms with E-state index in [4.69, 9.17) is 0 Å². The number of nitrogens with zero attached hydrogens (tertiary/aromatic N) is 2. The fourth-order valence-electron chi connectivity index (χ4n) is 2.12. The average molecular weight is 279 g/mol. The second-order valence-electron chi connectivity index (χ2n) is 5.03. The average Bonchev–Trinajstić information content (AvgIpc) is 2.79. The number of hydrogen-bond donors (Lipinski definition) is 1. The summed E-state index contributed by atoms with van der Waals surface area (Å²) in [6, 6.07) is 4.21. The van der Waals surface area contributed by atoms with Crippen molar-refractivity contribution in [3.05, 3.63) is 52.9 Å². The van der Waals surface area contributed by atoms with Crippen LogP contribution in [0.1, 0.15) is 29.8 Å². The number of aryl methyl sites for hydroxylation is 2. The maximum absolute atomic E-state index is 13.8. The van der Waals surface area contributed by atoms with Crippen LogP contribution in [0.4, 0.5) is 8.78 Å². The predicted octanol–water partition coefficient (Wildman–Crippen LogP) is 2.90. The third kappa shape index (κ3) is 3.42. The standard InChI is InChI=1S/C15H19F2N3/c1-10-8-15(17)13(9-14(10)16)11(2)18-6-4-12-5-7-20(3)19-12/h5,7-9,11,18H,4,6H2,1-3H3. The molecule has 20 heavy (non-hydrogen) atoms. The van der Waals surface area contributed by atoms with E-state index >= 15 is 0 Å². The van der Waals surface area contributed by atoms with Crippen LogP contribution in [0.3, 0.4) is 0 Å². The molecule has 0 aliphatic rings. The SMILES string of the molecule is Cc1cc(F)c(C(C)NCCc2ccn(C)n2)cc1F. The highest BCUT2D eigenvalue weighted by atomic mass is 19.1. The molecule has 0 amide bonds. The third-order valence-electron chi connectivity index (χ3n) is 3.34. The molecular weight excluding hydrogens is 260 g/mol. The largest absolute Gasteiger partial charge is 0.310 e. The molecule has 1 aromatic carbocycles. The van der Waals surface area contributed by atoms with Crippen LogP contribution in [0.15, 0.2) is 24.4 Å². The van der Waals surface area contributed by atoms with Crippen molar-refractivity contribution in [2.75, 3.05) is 6.54 Å². The summed E-state index contributed by atoms with van der Waals surface area (Å²) in [5.74, 6) is -0.749. The smallest absolute Gasteiger partial charge is 0.128 e. The van der Waals surface area contributed by atoms with Crippen LogP contribution >= 0.6 is 0 Å². The summed E-state index contributed by atoms with van der Waals surface area (Å²) >= 11 is 0. The van der Waals surface area contributed by atoms with E-state index in [-0.39, 0.29) is 17.7 Å². The van der Waals surface area contributed by atoms with Crippen LogP contribution in [-0.4, -0.2) is 16.3 Å². The summed E-state index contributed by atoms with van der Waals surface area (Å²) in [4.78, 5) is 0. The Kier molecular flexibility index (Phi) is 4.49. The van der Waals surface area contributed by atoms with Crippen molar-refractivity contribution in [3.63, 3.8) is 0 Å². The van der Waals surface area contributed by atoms with Crippen molar-refractivity contribution in [2.24, 2.45) is 7.05 Å². The molecule has 0 radical (unpaired) electrons. The lowest BCUT2D eigenvalue weighted by molar-refractivity contribution is 0.517. The molecule has 5 heteroatoms. The quantitative estimate of drug-likeness (QED) is 0.912. The van der Waals surface area contributed by atoms with Crippen molar-refractivity contribution in [1.29, 1.82) is 0 Å². The molecule has 1 aromatic heterocycles.